The van der Waals surface area contributed by atoms with E-state index in [9.17, 15) is 62.3 Å². The molecule has 0 aliphatic carbocycles. The maximum Gasteiger partial charge on any atom is 0.434 e. The van der Waals surface area contributed by atoms with Crippen LogP contribution in [0.15, 0.2) is 85.2 Å². The van der Waals surface area contributed by atoms with Crippen LogP contribution in [0.2, 0.25) is 10.0 Å². The second-order valence-corrected chi connectivity index (χ2v) is 18.6. The molecular formula is C48H46Cl2F12N8O4. The highest BCUT2D eigenvalue weighted by Gasteiger charge is 2.61. The summed E-state index contributed by atoms with van der Waals surface area (Å²) in [6, 6.07) is 22.0. The van der Waals surface area contributed by atoms with Crippen LogP contribution in [0.4, 0.5) is 62.3 Å². The number of benzene rings is 4. The highest BCUT2D eigenvalue weighted by molar-refractivity contribution is 6.31. The Bertz CT molecular complexity index is 2800. The van der Waals surface area contributed by atoms with E-state index in [2.05, 4.69) is 19.7 Å². The number of piperazine rings is 2. The van der Waals surface area contributed by atoms with Crippen LogP contribution in [0, 0.1) is 13.8 Å². The molecule has 4 aromatic carbocycles. The van der Waals surface area contributed by atoms with Crippen LogP contribution in [0.25, 0.3) is 21.8 Å². The van der Waals surface area contributed by atoms with Crippen molar-refractivity contribution in [3.8, 4) is 0 Å². The van der Waals surface area contributed by atoms with Crippen LogP contribution >= 0.6 is 23.2 Å². The maximum atomic E-state index is 12.9. The minimum Gasteiger partial charge on any atom is -0.426 e. The van der Waals surface area contributed by atoms with Gasteiger partial charge in [0.15, 0.2) is 0 Å². The third-order valence-electron chi connectivity index (χ3n) is 12.7. The van der Waals surface area contributed by atoms with Gasteiger partial charge in [0.05, 0.1) is 35.5 Å². The predicted molar refractivity (Wildman–Crippen MR) is 249 cm³/mol. The van der Waals surface area contributed by atoms with Crippen LogP contribution in [0.1, 0.15) is 45.5 Å². The predicted octanol–water partition coefficient (Wildman–Crippen LogP) is 11.7. The number of amides is 2. The van der Waals surface area contributed by atoms with E-state index in [1.807, 2.05) is 86.3 Å². The molecule has 2 saturated heterocycles. The summed E-state index contributed by atoms with van der Waals surface area (Å²) in [5.41, 5.74) is 7.34. The topological polar surface area (TPSA) is 101 Å². The van der Waals surface area contributed by atoms with Crippen molar-refractivity contribution in [3.63, 3.8) is 0 Å². The van der Waals surface area contributed by atoms with E-state index < -0.39 is 49.1 Å². The second kappa shape index (κ2) is 21.7. The zero-order valence-electron chi connectivity index (χ0n) is 39.6. The molecule has 0 N–H and O–H groups in total. The Morgan fingerprint density at radius 2 is 0.838 bits per heavy atom. The molecule has 2 amide bonds. The highest BCUT2D eigenvalue weighted by Crippen LogP contribution is 2.40. The van der Waals surface area contributed by atoms with Crippen molar-refractivity contribution < 1.29 is 71.7 Å². The summed E-state index contributed by atoms with van der Waals surface area (Å²) in [5.74, 6) is 0. The molecule has 400 valence electrons. The fourth-order valence-corrected chi connectivity index (χ4v) is 9.54. The van der Waals surface area contributed by atoms with Gasteiger partial charge in [-0.2, -0.15) is 62.9 Å². The first-order chi connectivity index (χ1) is 34.5. The molecule has 4 heterocycles. The summed E-state index contributed by atoms with van der Waals surface area (Å²) >= 11 is 12.2. The Labute approximate surface area is 424 Å². The van der Waals surface area contributed by atoms with Crippen molar-refractivity contribution in [2.75, 3.05) is 52.4 Å². The number of carbonyl (C=O) groups excluding carboxylic acids is 2. The van der Waals surface area contributed by atoms with Crippen molar-refractivity contribution >= 4 is 57.2 Å². The number of hydrogen-bond acceptors (Lipinski definition) is 8. The van der Waals surface area contributed by atoms with E-state index in [1.165, 1.54) is 0 Å². The quantitative estimate of drug-likeness (QED) is 0.139. The summed E-state index contributed by atoms with van der Waals surface area (Å²) < 4.78 is 165. The Kier molecular flexibility index (Phi) is 16.4. The van der Waals surface area contributed by atoms with Crippen molar-refractivity contribution in [3.05, 3.63) is 129 Å². The molecule has 2 aromatic heterocycles. The van der Waals surface area contributed by atoms with E-state index >= 15 is 0 Å². The Hall–Kier alpha value is -5.98. The van der Waals surface area contributed by atoms with Crippen LogP contribution in [-0.4, -0.2) is 141 Å². The second-order valence-electron chi connectivity index (χ2n) is 17.7. The molecule has 12 nitrogen and oxygen atoms in total. The normalized spacial score (nSPS) is 15.7. The molecule has 8 rings (SSSR count). The van der Waals surface area contributed by atoms with E-state index in [-0.39, 0.29) is 64.4 Å². The monoisotopic (exact) mass is 1100 g/mol. The lowest BCUT2D eigenvalue weighted by Crippen LogP contribution is -2.53. The van der Waals surface area contributed by atoms with Crippen LogP contribution in [0.3, 0.4) is 0 Å². The van der Waals surface area contributed by atoms with Gasteiger partial charge in [0, 0.05) is 87.3 Å². The first-order valence-electron chi connectivity index (χ1n) is 22.5. The Morgan fingerprint density at radius 3 is 1.16 bits per heavy atom. The zero-order chi connectivity index (χ0) is 54.2. The number of ether oxygens (including phenoxy) is 2. The van der Waals surface area contributed by atoms with Crippen LogP contribution in [-0.2, 0) is 23.6 Å². The van der Waals surface area contributed by atoms with Crippen molar-refractivity contribution in [2.45, 2.75) is 62.8 Å². The average molecular weight is 1100 g/mol. The van der Waals surface area contributed by atoms with Gasteiger partial charge in [-0.3, -0.25) is 19.2 Å². The lowest BCUT2D eigenvalue weighted by atomic mass is 9.90. The Balaban J connectivity index is 0.000000218. The SMILES string of the molecule is Cc1cc(Cl)ccc1C(c1ccc(Cl)cc1C)N1CCN(C(=O)OC(C(F)(F)F)C(F)(F)F)CC1.Cn1ncc2cc(C(c3ccc4c(cnn4C)c3)N3CCN(C(=O)OC(C(F)(F)F)C(F)(F)F)CC3)ccc21. The summed E-state index contributed by atoms with van der Waals surface area (Å²) in [6.07, 6.45) is -31.3. The molecule has 0 unspecified atom stereocenters. The fourth-order valence-electron chi connectivity index (χ4n) is 9.09. The number of nitrogens with zero attached hydrogens (tertiary/aromatic N) is 8. The van der Waals surface area contributed by atoms with Gasteiger partial charge >= 0.3 is 36.9 Å². The highest BCUT2D eigenvalue weighted by atomic mass is 35.5. The van der Waals surface area contributed by atoms with Crippen molar-refractivity contribution in [1.82, 2.24) is 39.2 Å². The average Bonchev–Trinajstić information content (AvgIpc) is 3.88. The molecule has 2 aliphatic rings. The zero-order valence-corrected chi connectivity index (χ0v) is 41.1. The number of rotatable bonds is 8. The van der Waals surface area contributed by atoms with Crippen LogP contribution in [0.5, 0.6) is 0 Å². The molecular weight excluding hydrogens is 1050 g/mol. The lowest BCUT2D eigenvalue weighted by molar-refractivity contribution is -0.309. The van der Waals surface area contributed by atoms with Crippen LogP contribution < -0.4 is 0 Å². The number of hydrogen-bond donors (Lipinski definition) is 0. The largest absolute Gasteiger partial charge is 0.434 e. The molecule has 0 bridgehead atoms. The first kappa shape index (κ1) is 55.8. The molecule has 26 heteroatoms. The molecule has 0 atom stereocenters. The van der Waals surface area contributed by atoms with Gasteiger partial charge in [-0.05, 0) is 95.8 Å². The van der Waals surface area contributed by atoms with Gasteiger partial charge in [0.2, 0.25) is 0 Å². The van der Waals surface area contributed by atoms with Crippen molar-refractivity contribution in [1.29, 1.82) is 0 Å². The van der Waals surface area contributed by atoms with E-state index in [0.717, 1.165) is 65.0 Å². The maximum absolute atomic E-state index is 12.9. The number of fused-ring (bicyclic) bond motifs is 2. The number of alkyl halides is 12. The summed E-state index contributed by atoms with van der Waals surface area (Å²) in [4.78, 5) is 30.2. The van der Waals surface area contributed by atoms with Gasteiger partial charge in [0.25, 0.3) is 12.2 Å². The van der Waals surface area contributed by atoms with Crippen molar-refractivity contribution in [2.24, 2.45) is 14.1 Å². The summed E-state index contributed by atoms with van der Waals surface area (Å²) in [5, 5.41) is 11.5. The number of carbonyl (C=O) groups is 2. The molecule has 0 radical (unpaired) electrons. The van der Waals surface area contributed by atoms with E-state index in [1.54, 1.807) is 46.0 Å². The van der Waals surface area contributed by atoms with Gasteiger partial charge < -0.3 is 19.3 Å². The van der Waals surface area contributed by atoms with E-state index in [0.29, 0.717) is 10.0 Å². The molecule has 2 fully saturated rings. The lowest BCUT2D eigenvalue weighted by Gasteiger charge is -2.40. The number of aromatic nitrogens is 4. The number of aryl methyl sites for hydroxylation is 4. The minimum atomic E-state index is -5.77. The third kappa shape index (κ3) is 12.7. The third-order valence-corrected chi connectivity index (χ3v) is 13.2. The first-order valence-corrected chi connectivity index (χ1v) is 23.3. The molecule has 74 heavy (non-hydrogen) atoms. The molecule has 0 spiro atoms. The smallest absolute Gasteiger partial charge is 0.426 e. The summed E-state index contributed by atoms with van der Waals surface area (Å²) in [7, 11) is 3.66. The molecule has 0 saturated carbocycles. The number of halogens is 14. The summed E-state index contributed by atoms with van der Waals surface area (Å²) in [6.45, 7) is 4.09. The fraction of sp³-hybridized carbons (Fsp3) is 0.417. The van der Waals surface area contributed by atoms with Gasteiger partial charge in [-0.25, -0.2) is 9.59 Å². The standard InChI is InChI=1S/C25H24F6N6O2.C23H22Cl2F6N2O2/c1-34-19-5-3-15(11-17(19)13-32-34)21(16-4-6-20-18(12-16)14-33-35(20)2)36-7-9-37(10-8-36)23(38)39-22(24(26,27)28)25(29,30)31;1-13-11-15(24)3-5-17(13)19(18-6-4-16(25)12-14(18)2)32-7-9-33(10-8-32)21(34)35-20(22(26,27)28)23(29,30)31/h3-6,11-14,21-22H,7-10H2,1-2H3;3-6,11-12,19-20H,7-10H2,1-2H3. The van der Waals surface area contributed by atoms with Gasteiger partial charge in [-0.1, -0.05) is 47.5 Å². The minimum absolute atomic E-state index is 0.109. The van der Waals surface area contributed by atoms with Gasteiger partial charge in [0.1, 0.15) is 0 Å². The van der Waals surface area contributed by atoms with Gasteiger partial charge in [-0.15, -0.1) is 0 Å². The molecule has 6 aromatic rings. The molecule has 2 aliphatic heterocycles. The van der Waals surface area contributed by atoms with E-state index in [4.69, 9.17) is 23.2 Å². The Morgan fingerprint density at radius 1 is 0.500 bits per heavy atom.